The van der Waals surface area contributed by atoms with Gasteiger partial charge in [0.15, 0.2) is 0 Å². The van der Waals surface area contributed by atoms with Crippen molar-refractivity contribution in [1.29, 1.82) is 0 Å². The van der Waals surface area contributed by atoms with Gasteiger partial charge < -0.3 is 10.4 Å². The van der Waals surface area contributed by atoms with Crippen molar-refractivity contribution in [2.45, 2.75) is 19.8 Å². The first-order chi connectivity index (χ1) is 7.36. The van der Waals surface area contributed by atoms with Crippen LogP contribution in [0.1, 0.15) is 18.9 Å². The Kier molecular flexibility index (Phi) is 6.05. The van der Waals surface area contributed by atoms with Crippen molar-refractivity contribution in [3.63, 3.8) is 0 Å². The van der Waals surface area contributed by atoms with E-state index in [1.54, 1.807) is 0 Å². The molecule has 0 saturated carbocycles. The predicted octanol–water partition coefficient (Wildman–Crippen LogP) is 1.84. The van der Waals surface area contributed by atoms with Crippen LogP contribution in [0.5, 0.6) is 0 Å². The van der Waals surface area contributed by atoms with Crippen molar-refractivity contribution in [3.8, 4) is 0 Å². The van der Waals surface area contributed by atoms with E-state index < -0.39 is 0 Å². The van der Waals surface area contributed by atoms with Crippen LogP contribution in [0.2, 0.25) is 0 Å². The molecule has 0 aliphatic carbocycles. The summed E-state index contributed by atoms with van der Waals surface area (Å²) >= 11 is 0. The molecule has 0 heterocycles. The molecule has 2 nitrogen and oxygen atoms in total. The summed E-state index contributed by atoms with van der Waals surface area (Å²) in [6.45, 7) is 4.30. The summed E-state index contributed by atoms with van der Waals surface area (Å²) in [5.74, 6) is 0.403. The van der Waals surface area contributed by atoms with Gasteiger partial charge in [-0.15, -0.1) is 0 Å². The van der Waals surface area contributed by atoms with Crippen molar-refractivity contribution in [2.75, 3.05) is 19.7 Å². The SMILES string of the molecule is CCC(CO)CNCCc1ccccc1. The first-order valence-electron chi connectivity index (χ1n) is 5.72. The van der Waals surface area contributed by atoms with E-state index in [1.165, 1.54) is 5.56 Å². The summed E-state index contributed by atoms with van der Waals surface area (Å²) in [4.78, 5) is 0. The Morgan fingerprint density at radius 1 is 1.27 bits per heavy atom. The Hall–Kier alpha value is -0.860. The Morgan fingerprint density at radius 2 is 2.00 bits per heavy atom. The highest BCUT2D eigenvalue weighted by Gasteiger charge is 2.02. The smallest absolute Gasteiger partial charge is 0.0471 e. The first kappa shape index (κ1) is 12.2. The quantitative estimate of drug-likeness (QED) is 0.669. The van der Waals surface area contributed by atoms with E-state index in [9.17, 15) is 0 Å². The minimum Gasteiger partial charge on any atom is -0.396 e. The van der Waals surface area contributed by atoms with E-state index in [2.05, 4.69) is 36.5 Å². The summed E-state index contributed by atoms with van der Waals surface area (Å²) in [7, 11) is 0. The Labute approximate surface area is 92.3 Å². The fourth-order valence-electron chi connectivity index (χ4n) is 1.52. The molecule has 0 spiro atoms. The molecule has 15 heavy (non-hydrogen) atoms. The Bertz CT molecular complexity index is 244. The maximum atomic E-state index is 9.00. The molecule has 84 valence electrons. The van der Waals surface area contributed by atoms with E-state index in [4.69, 9.17) is 5.11 Å². The van der Waals surface area contributed by atoms with Crippen molar-refractivity contribution in [1.82, 2.24) is 5.32 Å². The molecule has 1 aromatic carbocycles. The van der Waals surface area contributed by atoms with Crippen LogP contribution in [0.25, 0.3) is 0 Å². The Morgan fingerprint density at radius 3 is 2.60 bits per heavy atom. The van der Waals surface area contributed by atoms with Crippen molar-refractivity contribution >= 4 is 0 Å². The molecule has 2 N–H and O–H groups in total. The second-order valence-electron chi connectivity index (χ2n) is 3.90. The zero-order chi connectivity index (χ0) is 10.9. The zero-order valence-electron chi connectivity index (χ0n) is 9.45. The molecule has 2 heteroatoms. The minimum atomic E-state index is 0.287. The lowest BCUT2D eigenvalue weighted by Gasteiger charge is -2.12. The van der Waals surface area contributed by atoms with Crippen LogP contribution in [0.4, 0.5) is 0 Å². The lowest BCUT2D eigenvalue weighted by atomic mass is 10.1. The van der Waals surface area contributed by atoms with Crippen molar-refractivity contribution in [2.24, 2.45) is 5.92 Å². The highest BCUT2D eigenvalue weighted by Crippen LogP contribution is 2.00. The van der Waals surface area contributed by atoms with Crippen molar-refractivity contribution in [3.05, 3.63) is 35.9 Å². The standard InChI is InChI=1S/C13H21NO/c1-2-12(11-15)10-14-9-8-13-6-4-3-5-7-13/h3-7,12,14-15H,2,8-11H2,1H3. The van der Waals surface area contributed by atoms with Gasteiger partial charge in [0.25, 0.3) is 0 Å². The second kappa shape index (κ2) is 7.43. The van der Waals surface area contributed by atoms with Crippen LogP contribution in [-0.4, -0.2) is 24.8 Å². The molecule has 0 amide bonds. The van der Waals surface area contributed by atoms with Gasteiger partial charge in [0.2, 0.25) is 0 Å². The highest BCUT2D eigenvalue weighted by atomic mass is 16.3. The van der Waals surface area contributed by atoms with Gasteiger partial charge in [-0.3, -0.25) is 0 Å². The molecule has 0 saturated heterocycles. The van der Waals surface area contributed by atoms with Gasteiger partial charge in [-0.25, -0.2) is 0 Å². The third-order valence-electron chi connectivity index (χ3n) is 2.70. The van der Waals surface area contributed by atoms with E-state index in [0.29, 0.717) is 5.92 Å². The second-order valence-corrected chi connectivity index (χ2v) is 3.90. The summed E-state index contributed by atoms with van der Waals surface area (Å²) in [6, 6.07) is 10.5. The molecule has 0 fully saturated rings. The van der Waals surface area contributed by atoms with Crippen LogP contribution >= 0.6 is 0 Å². The molecule has 0 aromatic heterocycles. The number of aliphatic hydroxyl groups excluding tert-OH is 1. The number of hydrogen-bond donors (Lipinski definition) is 2. The Balaban J connectivity index is 2.12. The average Bonchev–Trinajstić information content (AvgIpc) is 2.31. The molecule has 0 bridgehead atoms. The van der Waals surface area contributed by atoms with Crippen molar-refractivity contribution < 1.29 is 5.11 Å². The van der Waals surface area contributed by atoms with Gasteiger partial charge in [0, 0.05) is 13.2 Å². The molecular formula is C13H21NO. The maximum Gasteiger partial charge on any atom is 0.0471 e. The fourth-order valence-corrected chi connectivity index (χ4v) is 1.52. The summed E-state index contributed by atoms with van der Waals surface area (Å²) in [5, 5.41) is 12.4. The molecule has 1 unspecified atom stereocenters. The van der Waals surface area contributed by atoms with Gasteiger partial charge in [0.1, 0.15) is 0 Å². The highest BCUT2D eigenvalue weighted by molar-refractivity contribution is 5.14. The van der Waals surface area contributed by atoms with Crippen LogP contribution in [0.15, 0.2) is 30.3 Å². The topological polar surface area (TPSA) is 32.3 Å². The normalized spacial score (nSPS) is 12.7. The largest absolute Gasteiger partial charge is 0.396 e. The molecule has 1 aromatic rings. The van der Waals surface area contributed by atoms with E-state index in [-0.39, 0.29) is 6.61 Å². The van der Waals surface area contributed by atoms with Gasteiger partial charge in [0.05, 0.1) is 0 Å². The fraction of sp³-hybridized carbons (Fsp3) is 0.538. The van der Waals surface area contributed by atoms with E-state index >= 15 is 0 Å². The van der Waals surface area contributed by atoms with Crippen LogP contribution in [0, 0.1) is 5.92 Å². The number of aliphatic hydroxyl groups is 1. The van der Waals surface area contributed by atoms with Crippen LogP contribution in [0.3, 0.4) is 0 Å². The number of hydrogen-bond acceptors (Lipinski definition) is 2. The van der Waals surface area contributed by atoms with Gasteiger partial charge in [-0.1, -0.05) is 37.3 Å². The third-order valence-corrected chi connectivity index (χ3v) is 2.70. The lowest BCUT2D eigenvalue weighted by molar-refractivity contribution is 0.219. The molecule has 1 atom stereocenters. The van der Waals surface area contributed by atoms with Crippen LogP contribution < -0.4 is 5.32 Å². The summed E-state index contributed by atoms with van der Waals surface area (Å²) in [6.07, 6.45) is 2.09. The van der Waals surface area contributed by atoms with Gasteiger partial charge in [-0.2, -0.15) is 0 Å². The van der Waals surface area contributed by atoms with Gasteiger partial charge >= 0.3 is 0 Å². The maximum absolute atomic E-state index is 9.00. The van der Waals surface area contributed by atoms with Gasteiger partial charge in [-0.05, 0) is 30.9 Å². The van der Waals surface area contributed by atoms with E-state index in [1.807, 2.05) is 6.07 Å². The number of benzene rings is 1. The zero-order valence-corrected chi connectivity index (χ0v) is 9.45. The first-order valence-corrected chi connectivity index (χ1v) is 5.72. The molecule has 1 rings (SSSR count). The minimum absolute atomic E-state index is 0.287. The van der Waals surface area contributed by atoms with E-state index in [0.717, 1.165) is 25.9 Å². The molecule has 0 aliphatic rings. The molecular weight excluding hydrogens is 186 g/mol. The van der Waals surface area contributed by atoms with Crippen LogP contribution in [-0.2, 0) is 6.42 Å². The number of nitrogens with one attached hydrogen (secondary N) is 1. The molecule has 0 aliphatic heterocycles. The lowest BCUT2D eigenvalue weighted by Crippen LogP contribution is -2.26. The predicted molar refractivity (Wildman–Crippen MR) is 63.9 cm³/mol. The third kappa shape index (κ3) is 4.96. The summed E-state index contributed by atoms with van der Waals surface area (Å²) in [5.41, 5.74) is 1.36. The monoisotopic (exact) mass is 207 g/mol. The average molecular weight is 207 g/mol. The number of rotatable bonds is 7. The summed E-state index contributed by atoms with van der Waals surface area (Å²) < 4.78 is 0. The molecule has 0 radical (unpaired) electrons.